The van der Waals surface area contributed by atoms with Crippen LogP contribution in [0.1, 0.15) is 71.8 Å². The fraction of sp³-hybridized carbons (Fsp3) is 0.850. The Bertz CT molecular complexity index is 823. The van der Waals surface area contributed by atoms with Gasteiger partial charge in [0, 0.05) is 24.6 Å². The molecule has 3 aliphatic rings. The van der Waals surface area contributed by atoms with Gasteiger partial charge in [-0.15, -0.1) is 0 Å². The van der Waals surface area contributed by atoms with Crippen LogP contribution in [0.15, 0.2) is 10.6 Å². The van der Waals surface area contributed by atoms with Crippen LogP contribution in [0.3, 0.4) is 0 Å². The summed E-state index contributed by atoms with van der Waals surface area (Å²) in [5, 5.41) is 4.01. The van der Waals surface area contributed by atoms with Crippen LogP contribution in [0.25, 0.3) is 0 Å². The van der Waals surface area contributed by atoms with Gasteiger partial charge in [-0.3, -0.25) is 0 Å². The second kappa shape index (κ2) is 6.04. The van der Waals surface area contributed by atoms with Gasteiger partial charge in [0.05, 0.1) is 11.2 Å². The van der Waals surface area contributed by atoms with E-state index in [-0.39, 0.29) is 16.8 Å². The van der Waals surface area contributed by atoms with Crippen LogP contribution in [0.5, 0.6) is 0 Å². The van der Waals surface area contributed by atoms with Gasteiger partial charge in [0.25, 0.3) is 0 Å². The molecule has 7 heteroatoms. The summed E-state index contributed by atoms with van der Waals surface area (Å²) in [5.41, 5.74) is -0.497. The monoisotopic (exact) mass is 396 g/mol. The van der Waals surface area contributed by atoms with Crippen molar-refractivity contribution in [3.05, 3.63) is 17.5 Å². The van der Waals surface area contributed by atoms with Crippen LogP contribution < -0.4 is 0 Å². The molecule has 1 spiro atoms. The average Bonchev–Trinajstić information content (AvgIpc) is 3.19. The lowest BCUT2D eigenvalue weighted by Gasteiger charge is -2.51. The smallest absolute Gasteiger partial charge is 0.220 e. The third-order valence-corrected chi connectivity index (χ3v) is 8.13. The Morgan fingerprint density at radius 2 is 2.00 bits per heavy atom. The lowest BCUT2D eigenvalue weighted by Crippen LogP contribution is -2.62. The number of aromatic nitrogens is 1. The van der Waals surface area contributed by atoms with E-state index in [4.69, 9.17) is 9.26 Å². The quantitative estimate of drug-likeness (QED) is 0.782. The molecule has 2 aliphatic carbocycles. The van der Waals surface area contributed by atoms with Crippen LogP contribution in [-0.4, -0.2) is 42.2 Å². The zero-order valence-corrected chi connectivity index (χ0v) is 17.9. The van der Waals surface area contributed by atoms with E-state index >= 15 is 0 Å². The summed E-state index contributed by atoms with van der Waals surface area (Å²) in [6.45, 7) is 11.0. The Hall–Kier alpha value is -0.920. The lowest BCUT2D eigenvalue weighted by molar-refractivity contribution is -0.203. The molecule has 1 aliphatic heterocycles. The van der Waals surface area contributed by atoms with Gasteiger partial charge < -0.3 is 9.26 Å². The molecule has 1 aromatic heterocycles. The summed E-state index contributed by atoms with van der Waals surface area (Å²) in [7, 11) is -3.49. The molecule has 2 saturated carbocycles. The molecule has 0 amide bonds. The summed E-state index contributed by atoms with van der Waals surface area (Å²) in [6, 6.07) is 1.77. The molecule has 2 bridgehead atoms. The molecule has 3 atom stereocenters. The van der Waals surface area contributed by atoms with Crippen LogP contribution >= 0.6 is 0 Å². The molecule has 0 unspecified atom stereocenters. The van der Waals surface area contributed by atoms with Gasteiger partial charge in [-0.05, 0) is 51.4 Å². The average molecular weight is 397 g/mol. The van der Waals surface area contributed by atoms with Crippen molar-refractivity contribution < 1.29 is 17.7 Å². The number of hydrogen-bond donors (Lipinski definition) is 0. The molecule has 0 N–H and O–H groups in total. The number of hydrogen-bond acceptors (Lipinski definition) is 5. The SMILES string of the molecule is CC1(C)CN(S(=O)(=O)Cc2cc(C(C)(C)C)on2)C[C@]2(C[C@@H]3CC[C@H]2C3)O1. The van der Waals surface area contributed by atoms with E-state index < -0.39 is 15.6 Å². The van der Waals surface area contributed by atoms with Crippen LogP contribution in [0, 0.1) is 11.8 Å². The lowest BCUT2D eigenvalue weighted by atomic mass is 9.81. The maximum atomic E-state index is 13.2. The molecule has 3 fully saturated rings. The van der Waals surface area contributed by atoms with Crippen molar-refractivity contribution >= 4 is 10.0 Å². The van der Waals surface area contributed by atoms with E-state index in [0.717, 1.165) is 12.8 Å². The van der Waals surface area contributed by atoms with Crippen molar-refractivity contribution in [2.75, 3.05) is 13.1 Å². The molecule has 6 nitrogen and oxygen atoms in total. The summed E-state index contributed by atoms with van der Waals surface area (Å²) in [4.78, 5) is 0. The highest BCUT2D eigenvalue weighted by molar-refractivity contribution is 7.88. The summed E-state index contributed by atoms with van der Waals surface area (Å²) in [6.07, 6.45) is 4.60. The van der Waals surface area contributed by atoms with Crippen molar-refractivity contribution in [1.29, 1.82) is 0 Å². The minimum Gasteiger partial charge on any atom is -0.366 e. The standard InChI is InChI=1S/C20H32N2O4S/c1-18(2,3)17-9-16(21-25-17)11-27(23,24)22-12-19(4,5)26-20(13-22)10-14-6-7-15(20)8-14/h9,14-15H,6-8,10-13H2,1-5H3/t14-,15+,20+/m1/s1. The number of morpholine rings is 1. The van der Waals surface area contributed by atoms with E-state index in [1.807, 2.05) is 34.6 Å². The van der Waals surface area contributed by atoms with Crippen molar-refractivity contribution in [2.24, 2.45) is 11.8 Å². The van der Waals surface area contributed by atoms with Gasteiger partial charge in [-0.25, -0.2) is 8.42 Å². The van der Waals surface area contributed by atoms with E-state index in [1.165, 1.54) is 12.8 Å². The predicted molar refractivity (Wildman–Crippen MR) is 103 cm³/mol. The molecule has 2 heterocycles. The molecule has 0 radical (unpaired) electrons. The Morgan fingerprint density at radius 3 is 2.56 bits per heavy atom. The van der Waals surface area contributed by atoms with Gasteiger partial charge in [-0.1, -0.05) is 25.9 Å². The largest absolute Gasteiger partial charge is 0.366 e. The van der Waals surface area contributed by atoms with Gasteiger partial charge in [-0.2, -0.15) is 4.31 Å². The van der Waals surface area contributed by atoms with Gasteiger partial charge in [0.15, 0.2) is 0 Å². The normalized spacial score (nSPS) is 33.8. The minimum atomic E-state index is -3.49. The van der Waals surface area contributed by atoms with Gasteiger partial charge >= 0.3 is 0 Å². The third kappa shape index (κ3) is 3.58. The Labute approximate surface area is 162 Å². The first-order valence-electron chi connectivity index (χ1n) is 10.0. The highest BCUT2D eigenvalue weighted by Gasteiger charge is 2.58. The highest BCUT2D eigenvalue weighted by atomic mass is 32.2. The molecule has 1 aromatic rings. The third-order valence-electron chi connectivity index (χ3n) is 6.42. The van der Waals surface area contributed by atoms with Crippen LogP contribution in [0.4, 0.5) is 0 Å². The fourth-order valence-corrected chi connectivity index (χ4v) is 6.93. The molecule has 4 rings (SSSR count). The van der Waals surface area contributed by atoms with Crippen LogP contribution in [-0.2, 0) is 25.9 Å². The Morgan fingerprint density at radius 1 is 1.26 bits per heavy atom. The van der Waals surface area contributed by atoms with E-state index in [1.54, 1.807) is 10.4 Å². The first-order chi connectivity index (χ1) is 12.4. The zero-order valence-electron chi connectivity index (χ0n) is 17.1. The summed E-state index contributed by atoms with van der Waals surface area (Å²) < 4.78 is 40.0. The molecule has 0 aromatic carbocycles. The van der Waals surface area contributed by atoms with E-state index in [0.29, 0.717) is 36.4 Å². The van der Waals surface area contributed by atoms with Crippen molar-refractivity contribution in [2.45, 2.75) is 82.7 Å². The molecule has 152 valence electrons. The number of fused-ring (bicyclic) bond motifs is 3. The van der Waals surface area contributed by atoms with E-state index in [9.17, 15) is 8.42 Å². The first-order valence-corrected chi connectivity index (χ1v) is 11.6. The number of nitrogens with zero attached hydrogens (tertiary/aromatic N) is 2. The van der Waals surface area contributed by atoms with Gasteiger partial charge in [0.1, 0.15) is 17.2 Å². The van der Waals surface area contributed by atoms with Crippen molar-refractivity contribution in [1.82, 2.24) is 9.46 Å². The second-order valence-corrected chi connectivity index (χ2v) is 12.4. The number of ether oxygens (including phenoxy) is 1. The summed E-state index contributed by atoms with van der Waals surface area (Å²) >= 11 is 0. The number of rotatable bonds is 3. The van der Waals surface area contributed by atoms with E-state index in [2.05, 4.69) is 5.16 Å². The Balaban J connectivity index is 1.56. The van der Waals surface area contributed by atoms with Crippen molar-refractivity contribution in [3.8, 4) is 0 Å². The second-order valence-electron chi connectivity index (χ2n) is 10.5. The highest BCUT2D eigenvalue weighted by Crippen LogP contribution is 2.55. The fourth-order valence-electron chi connectivity index (χ4n) is 5.31. The topological polar surface area (TPSA) is 72.6 Å². The molecular weight excluding hydrogens is 364 g/mol. The van der Waals surface area contributed by atoms with Crippen molar-refractivity contribution in [3.63, 3.8) is 0 Å². The molecule has 27 heavy (non-hydrogen) atoms. The predicted octanol–water partition coefficient (Wildman–Crippen LogP) is 3.47. The molecule has 1 saturated heterocycles. The minimum absolute atomic E-state index is 0.118. The van der Waals surface area contributed by atoms with Crippen LogP contribution in [0.2, 0.25) is 0 Å². The first kappa shape index (κ1) is 19.4. The maximum absolute atomic E-state index is 13.2. The van der Waals surface area contributed by atoms with Gasteiger partial charge in [0.2, 0.25) is 10.0 Å². The number of sulfonamides is 1. The maximum Gasteiger partial charge on any atom is 0.220 e. The Kier molecular flexibility index (Phi) is 4.34. The zero-order chi connectivity index (χ0) is 19.7. The molecular formula is C20H32N2O4S. The summed E-state index contributed by atoms with van der Waals surface area (Å²) in [5.74, 6) is 1.77.